The van der Waals surface area contributed by atoms with Crippen LogP contribution in [0.25, 0.3) is 21.5 Å². The Morgan fingerprint density at radius 2 is 2.20 bits per heavy atom. The van der Waals surface area contributed by atoms with Gasteiger partial charge in [-0.05, 0) is 49.9 Å². The van der Waals surface area contributed by atoms with Crippen molar-refractivity contribution in [1.29, 1.82) is 0 Å². The number of thiophene rings is 1. The summed E-state index contributed by atoms with van der Waals surface area (Å²) < 4.78 is 5.57. The molecule has 1 aliphatic heterocycles. The van der Waals surface area contributed by atoms with Gasteiger partial charge in [0, 0.05) is 5.39 Å². The van der Waals surface area contributed by atoms with Gasteiger partial charge in [-0.2, -0.15) is 0 Å². The minimum Gasteiger partial charge on any atom is -0.376 e. The second-order valence-corrected chi connectivity index (χ2v) is 7.55. The maximum atomic E-state index is 13.0. The Labute approximate surface area is 150 Å². The zero-order chi connectivity index (χ0) is 17.4. The van der Waals surface area contributed by atoms with E-state index < -0.39 is 0 Å². The van der Waals surface area contributed by atoms with Crippen LogP contribution in [0.1, 0.15) is 29.3 Å². The van der Waals surface area contributed by atoms with Gasteiger partial charge in [0.05, 0.1) is 40.4 Å². The number of ether oxygens (including phenoxy) is 1. The van der Waals surface area contributed by atoms with Gasteiger partial charge in [-0.3, -0.25) is 4.79 Å². The Morgan fingerprint density at radius 1 is 1.32 bits per heavy atom. The first-order chi connectivity index (χ1) is 12.1. The van der Waals surface area contributed by atoms with E-state index in [2.05, 4.69) is 5.32 Å². The molecule has 25 heavy (non-hydrogen) atoms. The van der Waals surface area contributed by atoms with E-state index in [4.69, 9.17) is 9.72 Å². The number of amides is 1. The van der Waals surface area contributed by atoms with Crippen molar-refractivity contribution in [2.24, 2.45) is 0 Å². The number of hydrogen-bond acceptors (Lipinski definition) is 4. The van der Waals surface area contributed by atoms with Crippen LogP contribution in [-0.4, -0.2) is 29.6 Å². The topological polar surface area (TPSA) is 51.2 Å². The Kier molecular flexibility index (Phi) is 4.27. The lowest BCUT2D eigenvalue weighted by Crippen LogP contribution is -2.35. The van der Waals surface area contributed by atoms with Gasteiger partial charge in [-0.1, -0.05) is 17.7 Å². The standard InChI is InChI=1S/C20H20N2O2S/c1-12-5-6-17-15(8-12)16(10-18(22-17)19-4-3-7-25-19)20(23)21-14-9-13(2)24-11-14/h3-8,10,13-14H,9,11H2,1-2H3,(H,21,23). The van der Waals surface area contributed by atoms with Crippen molar-refractivity contribution in [3.05, 3.63) is 52.9 Å². The fourth-order valence-corrected chi connectivity index (χ4v) is 3.95. The van der Waals surface area contributed by atoms with Gasteiger partial charge in [0.2, 0.25) is 0 Å². The highest BCUT2D eigenvalue weighted by Gasteiger charge is 2.25. The first-order valence-electron chi connectivity index (χ1n) is 8.48. The number of rotatable bonds is 3. The third-order valence-corrected chi connectivity index (χ3v) is 5.41. The van der Waals surface area contributed by atoms with Crippen molar-refractivity contribution in [1.82, 2.24) is 10.3 Å². The average molecular weight is 352 g/mol. The largest absolute Gasteiger partial charge is 0.376 e. The fourth-order valence-electron chi connectivity index (χ4n) is 3.26. The zero-order valence-corrected chi connectivity index (χ0v) is 15.1. The second-order valence-electron chi connectivity index (χ2n) is 6.60. The molecule has 0 spiro atoms. The summed E-state index contributed by atoms with van der Waals surface area (Å²) in [5.74, 6) is -0.0569. The van der Waals surface area contributed by atoms with E-state index in [1.165, 1.54) is 0 Å². The van der Waals surface area contributed by atoms with Crippen LogP contribution in [-0.2, 0) is 4.74 Å². The molecule has 2 atom stereocenters. The Bertz CT molecular complexity index is 921. The summed E-state index contributed by atoms with van der Waals surface area (Å²) in [6, 6.07) is 12.0. The highest BCUT2D eigenvalue weighted by molar-refractivity contribution is 7.13. The molecule has 4 nitrogen and oxygen atoms in total. The van der Waals surface area contributed by atoms with E-state index in [9.17, 15) is 4.79 Å². The Hall–Kier alpha value is -2.24. The Balaban J connectivity index is 1.77. The van der Waals surface area contributed by atoms with Crippen LogP contribution in [0.5, 0.6) is 0 Å². The van der Waals surface area contributed by atoms with Crippen molar-refractivity contribution in [3.8, 4) is 10.6 Å². The number of aromatic nitrogens is 1. The molecule has 0 radical (unpaired) electrons. The summed E-state index contributed by atoms with van der Waals surface area (Å²) in [4.78, 5) is 18.8. The first-order valence-corrected chi connectivity index (χ1v) is 9.36. The molecule has 1 aliphatic rings. The molecule has 4 rings (SSSR count). The number of hydrogen-bond donors (Lipinski definition) is 1. The molecule has 0 saturated carbocycles. The van der Waals surface area contributed by atoms with Crippen LogP contribution in [0.4, 0.5) is 0 Å². The van der Waals surface area contributed by atoms with Gasteiger partial charge in [-0.15, -0.1) is 11.3 Å². The van der Waals surface area contributed by atoms with Crippen LogP contribution < -0.4 is 5.32 Å². The molecule has 3 heterocycles. The molecule has 0 bridgehead atoms. The maximum Gasteiger partial charge on any atom is 0.252 e. The SMILES string of the molecule is Cc1ccc2nc(-c3cccs3)cc(C(=O)NC3COC(C)C3)c2c1. The van der Waals surface area contributed by atoms with Gasteiger partial charge in [0.15, 0.2) is 0 Å². The van der Waals surface area contributed by atoms with Crippen LogP contribution in [0.3, 0.4) is 0 Å². The van der Waals surface area contributed by atoms with E-state index in [1.807, 2.05) is 55.6 Å². The smallest absolute Gasteiger partial charge is 0.252 e. The number of aryl methyl sites for hydroxylation is 1. The summed E-state index contributed by atoms with van der Waals surface area (Å²) in [7, 11) is 0. The van der Waals surface area contributed by atoms with Gasteiger partial charge in [0.25, 0.3) is 5.91 Å². The van der Waals surface area contributed by atoms with Crippen LogP contribution in [0.2, 0.25) is 0 Å². The van der Waals surface area contributed by atoms with Gasteiger partial charge < -0.3 is 10.1 Å². The molecular formula is C20H20N2O2S. The summed E-state index contributed by atoms with van der Waals surface area (Å²) >= 11 is 1.63. The molecule has 0 aliphatic carbocycles. The van der Waals surface area contributed by atoms with E-state index in [1.54, 1.807) is 11.3 Å². The number of carbonyl (C=O) groups excluding carboxylic acids is 1. The third-order valence-electron chi connectivity index (χ3n) is 4.52. The minimum atomic E-state index is -0.0569. The van der Waals surface area contributed by atoms with Gasteiger partial charge in [0.1, 0.15) is 0 Å². The van der Waals surface area contributed by atoms with Crippen molar-refractivity contribution in [2.75, 3.05) is 6.61 Å². The summed E-state index contributed by atoms with van der Waals surface area (Å²) in [5.41, 5.74) is 3.48. The van der Waals surface area contributed by atoms with E-state index in [-0.39, 0.29) is 18.1 Å². The number of nitrogens with zero attached hydrogens (tertiary/aromatic N) is 1. The highest BCUT2D eigenvalue weighted by atomic mass is 32.1. The van der Waals surface area contributed by atoms with E-state index in [0.717, 1.165) is 33.5 Å². The molecule has 3 aromatic rings. The predicted octanol–water partition coefficient (Wildman–Crippen LogP) is 4.18. The second kappa shape index (κ2) is 6.58. The average Bonchev–Trinajstić information content (AvgIpc) is 3.26. The quantitative estimate of drug-likeness (QED) is 0.769. The van der Waals surface area contributed by atoms with Crippen molar-refractivity contribution in [2.45, 2.75) is 32.4 Å². The molecule has 5 heteroatoms. The van der Waals surface area contributed by atoms with Crippen molar-refractivity contribution >= 4 is 28.1 Å². The summed E-state index contributed by atoms with van der Waals surface area (Å²) in [5, 5.41) is 6.04. The highest BCUT2D eigenvalue weighted by Crippen LogP contribution is 2.28. The molecular weight excluding hydrogens is 332 g/mol. The number of nitrogens with one attached hydrogen (secondary N) is 1. The third kappa shape index (κ3) is 3.30. The monoisotopic (exact) mass is 352 g/mol. The minimum absolute atomic E-state index is 0.0569. The fraction of sp³-hybridized carbons (Fsp3) is 0.300. The van der Waals surface area contributed by atoms with Gasteiger partial charge in [-0.25, -0.2) is 4.98 Å². The van der Waals surface area contributed by atoms with Crippen LogP contribution >= 0.6 is 11.3 Å². The first kappa shape index (κ1) is 16.2. The van der Waals surface area contributed by atoms with E-state index in [0.29, 0.717) is 12.2 Å². The maximum absolute atomic E-state index is 13.0. The number of benzene rings is 1. The lowest BCUT2D eigenvalue weighted by Gasteiger charge is -2.14. The molecule has 2 aromatic heterocycles. The zero-order valence-electron chi connectivity index (χ0n) is 14.3. The summed E-state index contributed by atoms with van der Waals surface area (Å²) in [6.07, 6.45) is 1.05. The normalized spacial score (nSPS) is 20.1. The Morgan fingerprint density at radius 3 is 2.92 bits per heavy atom. The molecule has 1 fully saturated rings. The van der Waals surface area contributed by atoms with Crippen molar-refractivity contribution < 1.29 is 9.53 Å². The number of fused-ring (bicyclic) bond motifs is 1. The molecule has 2 unspecified atom stereocenters. The number of pyridine rings is 1. The molecule has 1 N–H and O–H groups in total. The molecule has 1 amide bonds. The molecule has 128 valence electrons. The lowest BCUT2D eigenvalue weighted by atomic mass is 10.0. The summed E-state index contributed by atoms with van der Waals surface area (Å²) in [6.45, 7) is 4.64. The van der Waals surface area contributed by atoms with Crippen LogP contribution in [0, 0.1) is 6.92 Å². The predicted molar refractivity (Wildman–Crippen MR) is 101 cm³/mol. The number of carbonyl (C=O) groups is 1. The lowest BCUT2D eigenvalue weighted by molar-refractivity contribution is 0.0921. The van der Waals surface area contributed by atoms with E-state index >= 15 is 0 Å². The van der Waals surface area contributed by atoms with Crippen LogP contribution in [0.15, 0.2) is 41.8 Å². The molecule has 1 aromatic carbocycles. The van der Waals surface area contributed by atoms with Crippen molar-refractivity contribution in [3.63, 3.8) is 0 Å². The van der Waals surface area contributed by atoms with Gasteiger partial charge >= 0.3 is 0 Å². The molecule has 1 saturated heterocycles.